The van der Waals surface area contributed by atoms with Gasteiger partial charge in [0.25, 0.3) is 0 Å². The monoisotopic (exact) mass is 438 g/mol. The number of hydrazine groups is 1. The highest BCUT2D eigenvalue weighted by Gasteiger charge is 2.39. The van der Waals surface area contributed by atoms with Crippen LogP contribution in [0.4, 0.5) is 11.4 Å². The lowest BCUT2D eigenvalue weighted by Crippen LogP contribution is -2.58. The summed E-state index contributed by atoms with van der Waals surface area (Å²) in [4.78, 5) is 10.1. The summed E-state index contributed by atoms with van der Waals surface area (Å²) in [6, 6.07) is 16.0. The molecule has 2 aliphatic rings. The standard InChI is InChI=1S/C22H27ClN8/c23-18-7-3-6-17(14-18)15-25-29-21-22(28-20-9-2-1-8-19(20)27-21)10-4-12-31(13-5-11-22)16-26-30-24/h1-3,6-9,14,25,28H,4-5,10-13,15-16H2,(H,27,29). The molecule has 1 fully saturated rings. The van der Waals surface area contributed by atoms with Crippen molar-refractivity contribution in [3.05, 3.63) is 69.6 Å². The first-order valence-corrected chi connectivity index (χ1v) is 11.0. The van der Waals surface area contributed by atoms with E-state index in [0.29, 0.717) is 13.2 Å². The van der Waals surface area contributed by atoms with Gasteiger partial charge in [-0.25, -0.2) is 10.4 Å². The van der Waals surface area contributed by atoms with E-state index < -0.39 is 0 Å². The number of para-hydroxylation sites is 2. The van der Waals surface area contributed by atoms with E-state index in [9.17, 15) is 0 Å². The second-order valence-corrected chi connectivity index (χ2v) is 8.43. The van der Waals surface area contributed by atoms with Gasteiger partial charge in [0.1, 0.15) is 5.84 Å². The summed E-state index contributed by atoms with van der Waals surface area (Å²) < 4.78 is 0. The summed E-state index contributed by atoms with van der Waals surface area (Å²) in [6.45, 7) is 2.86. The Balaban J connectivity index is 1.50. The van der Waals surface area contributed by atoms with Gasteiger partial charge in [0.15, 0.2) is 0 Å². The molecule has 31 heavy (non-hydrogen) atoms. The molecule has 2 aromatic carbocycles. The average molecular weight is 439 g/mol. The lowest BCUT2D eigenvalue weighted by Gasteiger charge is -2.42. The molecule has 0 saturated carbocycles. The van der Waals surface area contributed by atoms with Crippen LogP contribution in [-0.2, 0) is 6.54 Å². The third-order valence-corrected chi connectivity index (χ3v) is 6.07. The minimum absolute atomic E-state index is 0.264. The van der Waals surface area contributed by atoms with E-state index in [4.69, 9.17) is 22.1 Å². The van der Waals surface area contributed by atoms with Gasteiger partial charge in [0.2, 0.25) is 0 Å². The van der Waals surface area contributed by atoms with E-state index in [0.717, 1.165) is 66.6 Å². The maximum atomic E-state index is 8.61. The normalized spacial score (nSPS) is 18.0. The first-order valence-electron chi connectivity index (χ1n) is 10.6. The van der Waals surface area contributed by atoms with E-state index in [1.807, 2.05) is 42.5 Å². The van der Waals surface area contributed by atoms with Crippen molar-refractivity contribution in [2.24, 2.45) is 10.1 Å². The summed E-state index contributed by atoms with van der Waals surface area (Å²) in [5.41, 5.74) is 18.2. The molecular formula is C22H27ClN8. The second-order valence-electron chi connectivity index (χ2n) is 7.99. The third-order valence-electron chi connectivity index (χ3n) is 5.83. The van der Waals surface area contributed by atoms with Gasteiger partial charge >= 0.3 is 0 Å². The summed E-state index contributed by atoms with van der Waals surface area (Å²) in [5, 5.41) is 8.25. The van der Waals surface area contributed by atoms with Crippen LogP contribution in [-0.4, -0.2) is 36.0 Å². The highest BCUT2D eigenvalue weighted by atomic mass is 35.5. The number of azide groups is 1. The number of nitrogens with zero attached hydrogens (tertiary/aromatic N) is 5. The first kappa shape index (κ1) is 21.5. The van der Waals surface area contributed by atoms with Gasteiger partial charge in [-0.15, -0.1) is 0 Å². The van der Waals surface area contributed by atoms with Crippen molar-refractivity contribution >= 4 is 28.8 Å². The molecule has 162 valence electrons. The number of amidine groups is 1. The van der Waals surface area contributed by atoms with Crippen molar-refractivity contribution in [2.45, 2.75) is 37.8 Å². The topological polar surface area (TPSA) is 100 Å². The molecule has 1 spiro atoms. The predicted octanol–water partition coefficient (Wildman–Crippen LogP) is 4.97. The maximum Gasteiger partial charge on any atom is 0.142 e. The molecule has 0 amide bonds. The lowest BCUT2D eigenvalue weighted by atomic mass is 9.84. The van der Waals surface area contributed by atoms with E-state index in [1.54, 1.807) is 0 Å². The summed E-state index contributed by atoms with van der Waals surface area (Å²) in [5.74, 6) is 0.914. The van der Waals surface area contributed by atoms with E-state index in [1.165, 1.54) is 0 Å². The number of aliphatic imine (C=N–C) groups is 1. The fourth-order valence-electron chi connectivity index (χ4n) is 4.31. The molecule has 9 heteroatoms. The number of fused-ring (bicyclic) bond motifs is 1. The minimum atomic E-state index is -0.264. The van der Waals surface area contributed by atoms with Gasteiger partial charge in [0, 0.05) is 16.5 Å². The zero-order valence-corrected chi connectivity index (χ0v) is 18.1. The molecule has 2 aliphatic heterocycles. The SMILES string of the molecule is [N-]=[N+]=NCN1CCCC2(CCC1)Nc1ccccc1N=C2NNCc1cccc(Cl)c1. The van der Waals surface area contributed by atoms with E-state index in [2.05, 4.69) is 37.2 Å². The molecule has 2 heterocycles. The van der Waals surface area contributed by atoms with Gasteiger partial charge in [0.05, 0.1) is 23.6 Å². The number of likely N-dealkylation sites (tertiary alicyclic amines) is 1. The van der Waals surface area contributed by atoms with Crippen LogP contribution < -0.4 is 16.2 Å². The Morgan fingerprint density at radius 3 is 2.74 bits per heavy atom. The summed E-state index contributed by atoms with van der Waals surface area (Å²) in [6.07, 6.45) is 3.81. The smallest absolute Gasteiger partial charge is 0.142 e. The number of benzene rings is 2. The minimum Gasteiger partial charge on any atom is -0.371 e. The molecule has 2 aromatic rings. The molecule has 1 saturated heterocycles. The van der Waals surface area contributed by atoms with Crippen LogP contribution in [0, 0.1) is 0 Å². The van der Waals surface area contributed by atoms with Crippen molar-refractivity contribution in [3.63, 3.8) is 0 Å². The van der Waals surface area contributed by atoms with Gasteiger partial charge in [-0.2, -0.15) is 0 Å². The van der Waals surface area contributed by atoms with Crippen LogP contribution in [0.5, 0.6) is 0 Å². The highest BCUT2D eigenvalue weighted by molar-refractivity contribution is 6.30. The summed E-state index contributed by atoms with van der Waals surface area (Å²) in [7, 11) is 0. The van der Waals surface area contributed by atoms with Crippen molar-refractivity contribution in [2.75, 3.05) is 25.1 Å². The van der Waals surface area contributed by atoms with Gasteiger partial charge < -0.3 is 10.7 Å². The fourth-order valence-corrected chi connectivity index (χ4v) is 4.53. The zero-order chi connectivity index (χ0) is 21.5. The second kappa shape index (κ2) is 10.0. The molecule has 0 radical (unpaired) electrons. The molecule has 0 bridgehead atoms. The van der Waals surface area contributed by atoms with Crippen molar-refractivity contribution in [3.8, 4) is 0 Å². The van der Waals surface area contributed by atoms with Crippen LogP contribution >= 0.6 is 11.6 Å². The quantitative estimate of drug-likeness (QED) is 0.265. The fraction of sp³-hybridized carbons (Fsp3) is 0.409. The number of hydrogen-bond donors (Lipinski definition) is 3. The van der Waals surface area contributed by atoms with Crippen molar-refractivity contribution in [1.29, 1.82) is 0 Å². The van der Waals surface area contributed by atoms with Crippen LogP contribution in [0.3, 0.4) is 0 Å². The first-order chi connectivity index (χ1) is 15.2. The zero-order valence-electron chi connectivity index (χ0n) is 17.4. The predicted molar refractivity (Wildman–Crippen MR) is 125 cm³/mol. The van der Waals surface area contributed by atoms with Crippen molar-refractivity contribution < 1.29 is 0 Å². The number of anilines is 1. The number of rotatable bonds is 5. The molecule has 4 rings (SSSR count). The van der Waals surface area contributed by atoms with Crippen molar-refractivity contribution in [1.82, 2.24) is 15.8 Å². The molecule has 0 aromatic heterocycles. The van der Waals surface area contributed by atoms with Crippen LogP contribution in [0.15, 0.2) is 58.6 Å². The molecular weight excluding hydrogens is 412 g/mol. The van der Waals surface area contributed by atoms with Gasteiger partial charge in [-0.3, -0.25) is 4.90 Å². The molecule has 0 atom stereocenters. The van der Waals surface area contributed by atoms with Crippen LogP contribution in [0.2, 0.25) is 5.02 Å². The number of nitrogens with one attached hydrogen (secondary N) is 3. The third kappa shape index (κ3) is 5.29. The Labute approximate surface area is 187 Å². The average Bonchev–Trinajstić information content (AvgIpc) is 2.76. The Kier molecular flexibility index (Phi) is 6.94. The maximum absolute atomic E-state index is 8.61. The Morgan fingerprint density at radius 1 is 1.16 bits per heavy atom. The number of halogens is 1. The largest absolute Gasteiger partial charge is 0.371 e. The van der Waals surface area contributed by atoms with Crippen LogP contribution in [0.25, 0.3) is 10.4 Å². The number of hydrogen-bond acceptors (Lipinski definition) is 6. The summed E-state index contributed by atoms with van der Waals surface area (Å²) >= 11 is 6.11. The van der Waals surface area contributed by atoms with E-state index >= 15 is 0 Å². The Bertz CT molecular complexity index is 975. The molecule has 3 N–H and O–H groups in total. The molecule has 8 nitrogen and oxygen atoms in total. The molecule has 0 aliphatic carbocycles. The Hall–Kier alpha value is -2.77. The van der Waals surface area contributed by atoms with Gasteiger partial charge in [-0.1, -0.05) is 41.0 Å². The Morgan fingerprint density at radius 2 is 1.97 bits per heavy atom. The van der Waals surface area contributed by atoms with Gasteiger partial charge in [-0.05, 0) is 74.1 Å². The van der Waals surface area contributed by atoms with Crippen LogP contribution in [0.1, 0.15) is 31.2 Å². The van der Waals surface area contributed by atoms with E-state index in [-0.39, 0.29) is 5.54 Å². The lowest BCUT2D eigenvalue weighted by molar-refractivity contribution is 0.238. The highest BCUT2D eigenvalue weighted by Crippen LogP contribution is 2.38. The molecule has 0 unspecified atom stereocenters.